The van der Waals surface area contributed by atoms with E-state index in [2.05, 4.69) is 10.3 Å². The number of nitrogens with zero attached hydrogens (tertiary/aromatic N) is 2. The molecule has 1 saturated carbocycles. The zero-order valence-electron chi connectivity index (χ0n) is 14.7. The van der Waals surface area contributed by atoms with Gasteiger partial charge in [-0.05, 0) is 25.0 Å². The Morgan fingerprint density at radius 2 is 1.96 bits per heavy atom. The van der Waals surface area contributed by atoms with Crippen LogP contribution < -0.4 is 10.1 Å². The second-order valence-corrected chi connectivity index (χ2v) is 8.56. The molecule has 0 radical (unpaired) electrons. The van der Waals surface area contributed by atoms with E-state index >= 15 is 0 Å². The third-order valence-corrected chi connectivity index (χ3v) is 6.50. The number of aromatic nitrogens is 1. The van der Waals surface area contributed by atoms with Crippen LogP contribution in [0.4, 0.5) is 4.79 Å². The van der Waals surface area contributed by atoms with Crippen molar-refractivity contribution >= 4 is 39.2 Å². The molecule has 2 amide bonds. The van der Waals surface area contributed by atoms with Crippen molar-refractivity contribution in [3.05, 3.63) is 23.2 Å². The van der Waals surface area contributed by atoms with E-state index in [1.807, 2.05) is 23.1 Å². The molecule has 1 aliphatic heterocycles. The fourth-order valence-electron chi connectivity index (χ4n) is 3.78. The summed E-state index contributed by atoms with van der Waals surface area (Å²) in [6.45, 7) is 1.46. The van der Waals surface area contributed by atoms with E-state index in [1.165, 1.54) is 30.6 Å². The van der Waals surface area contributed by atoms with Gasteiger partial charge in [-0.15, -0.1) is 0 Å². The lowest BCUT2D eigenvalue weighted by molar-refractivity contribution is 0.109. The summed E-state index contributed by atoms with van der Waals surface area (Å²) < 4.78 is 7.10. The minimum absolute atomic E-state index is 0.0853. The first-order valence-corrected chi connectivity index (χ1v) is 10.7. The first-order chi connectivity index (χ1) is 12.7. The fraction of sp³-hybridized carbons (Fsp3) is 0.579. The minimum Gasteiger partial charge on any atom is -0.467 e. The van der Waals surface area contributed by atoms with Crippen LogP contribution in [0.15, 0.2) is 18.2 Å². The molecule has 1 saturated heterocycles. The Kier molecular flexibility index (Phi) is 5.50. The number of hydrogen-bond donors (Lipinski definition) is 1. The highest BCUT2D eigenvalue weighted by atomic mass is 35.5. The van der Waals surface area contributed by atoms with Gasteiger partial charge in [-0.25, -0.2) is 9.78 Å². The summed E-state index contributed by atoms with van der Waals surface area (Å²) in [6, 6.07) is 6.22. The number of para-hydroxylation sites is 1. The summed E-state index contributed by atoms with van der Waals surface area (Å²) in [4.78, 5) is 18.9. The molecule has 2 aliphatic rings. The number of rotatable bonds is 3. The van der Waals surface area contributed by atoms with Crippen LogP contribution in [0, 0.1) is 0 Å². The zero-order valence-corrected chi connectivity index (χ0v) is 16.3. The number of fused-ring (bicyclic) bond motifs is 1. The highest BCUT2D eigenvalue weighted by molar-refractivity contribution is 7.20. The molecule has 1 aromatic heterocycles. The lowest BCUT2D eigenvalue weighted by atomic mass is 9.96. The van der Waals surface area contributed by atoms with Crippen molar-refractivity contribution in [2.24, 2.45) is 0 Å². The fourth-order valence-corrected chi connectivity index (χ4v) is 4.96. The predicted octanol–water partition coefficient (Wildman–Crippen LogP) is 4.84. The van der Waals surface area contributed by atoms with Gasteiger partial charge in [-0.3, -0.25) is 0 Å². The average Bonchev–Trinajstić information content (AvgIpc) is 3.07. The van der Waals surface area contributed by atoms with E-state index in [0.717, 1.165) is 49.0 Å². The van der Waals surface area contributed by atoms with Crippen molar-refractivity contribution in [1.29, 1.82) is 0 Å². The van der Waals surface area contributed by atoms with Crippen LogP contribution in [0.25, 0.3) is 10.2 Å². The number of hydrogen-bond acceptors (Lipinski definition) is 4. The number of thiazole rings is 1. The summed E-state index contributed by atoms with van der Waals surface area (Å²) in [5, 5.41) is 4.52. The monoisotopic (exact) mass is 393 g/mol. The number of nitrogens with one attached hydrogen (secondary N) is 1. The lowest BCUT2D eigenvalue weighted by Crippen LogP contribution is -2.49. The van der Waals surface area contributed by atoms with Crippen LogP contribution in [0.3, 0.4) is 0 Å². The predicted molar refractivity (Wildman–Crippen MR) is 105 cm³/mol. The van der Waals surface area contributed by atoms with Gasteiger partial charge in [0.05, 0.1) is 9.72 Å². The lowest BCUT2D eigenvalue weighted by Gasteiger charge is -2.33. The Hall–Kier alpha value is -1.53. The van der Waals surface area contributed by atoms with Gasteiger partial charge >= 0.3 is 6.03 Å². The number of benzene rings is 1. The molecular formula is C19H24ClN3O2S. The summed E-state index contributed by atoms with van der Waals surface area (Å²) in [6.07, 6.45) is 7.76. The molecule has 4 rings (SSSR count). The van der Waals surface area contributed by atoms with Crippen LogP contribution in [0.5, 0.6) is 5.19 Å². The Bertz CT molecular complexity index is 767. The molecule has 2 aromatic rings. The molecule has 7 heteroatoms. The molecule has 26 heavy (non-hydrogen) atoms. The van der Waals surface area contributed by atoms with Crippen LogP contribution >= 0.6 is 22.9 Å². The third-order valence-electron chi connectivity index (χ3n) is 5.28. The molecule has 5 nitrogen and oxygen atoms in total. The molecule has 1 N–H and O–H groups in total. The van der Waals surface area contributed by atoms with Gasteiger partial charge < -0.3 is 15.0 Å². The number of piperidine rings is 1. The van der Waals surface area contributed by atoms with Crippen LogP contribution in [-0.2, 0) is 0 Å². The molecule has 2 fully saturated rings. The smallest absolute Gasteiger partial charge is 0.317 e. The van der Waals surface area contributed by atoms with Gasteiger partial charge in [0.15, 0.2) is 0 Å². The second-order valence-electron chi connectivity index (χ2n) is 7.16. The van der Waals surface area contributed by atoms with Crippen molar-refractivity contribution in [3.63, 3.8) is 0 Å². The van der Waals surface area contributed by atoms with Crippen molar-refractivity contribution in [1.82, 2.24) is 15.2 Å². The number of likely N-dealkylation sites (tertiary alicyclic amines) is 1. The SMILES string of the molecule is O=C(NC1CCCCC1)N1CCC(Oc2nc3c(Cl)cccc3s2)CC1. The quantitative estimate of drug-likeness (QED) is 0.812. The van der Waals surface area contributed by atoms with E-state index < -0.39 is 0 Å². The summed E-state index contributed by atoms with van der Waals surface area (Å²) in [5.74, 6) is 0. The second kappa shape index (κ2) is 8.01. The average molecular weight is 394 g/mol. The van der Waals surface area contributed by atoms with Crippen LogP contribution in [-0.4, -0.2) is 41.2 Å². The Labute approximate surface area is 162 Å². The zero-order chi connectivity index (χ0) is 17.9. The molecule has 1 aliphatic carbocycles. The van der Waals surface area contributed by atoms with Crippen molar-refractivity contribution in [2.75, 3.05) is 13.1 Å². The standard InChI is InChI=1S/C19H24ClN3O2S/c20-15-7-4-8-16-17(15)22-19(26-16)25-14-9-11-23(12-10-14)18(24)21-13-5-2-1-3-6-13/h4,7-8,13-14H,1-3,5-6,9-12H2,(H,21,24). The molecular weight excluding hydrogens is 370 g/mol. The normalized spacial score (nSPS) is 19.7. The number of urea groups is 1. The number of halogens is 1. The minimum atomic E-state index is 0.0853. The van der Waals surface area contributed by atoms with Crippen molar-refractivity contribution < 1.29 is 9.53 Å². The third kappa shape index (κ3) is 4.07. The summed E-state index contributed by atoms with van der Waals surface area (Å²) in [7, 11) is 0. The number of amides is 2. The van der Waals surface area contributed by atoms with E-state index in [9.17, 15) is 4.79 Å². The van der Waals surface area contributed by atoms with Crippen LogP contribution in [0.2, 0.25) is 5.02 Å². The van der Waals surface area contributed by atoms with Gasteiger partial charge in [0.25, 0.3) is 5.19 Å². The largest absolute Gasteiger partial charge is 0.467 e. The van der Waals surface area contributed by atoms with Gasteiger partial charge in [0.1, 0.15) is 11.6 Å². The maximum absolute atomic E-state index is 12.4. The molecule has 0 spiro atoms. The Morgan fingerprint density at radius 3 is 2.69 bits per heavy atom. The van der Waals surface area contributed by atoms with Crippen molar-refractivity contribution in [2.45, 2.75) is 57.1 Å². The van der Waals surface area contributed by atoms with Gasteiger partial charge in [0, 0.05) is 32.0 Å². The van der Waals surface area contributed by atoms with Gasteiger partial charge in [0.2, 0.25) is 0 Å². The van der Waals surface area contributed by atoms with Crippen LogP contribution in [0.1, 0.15) is 44.9 Å². The summed E-state index contributed by atoms with van der Waals surface area (Å²) >= 11 is 7.71. The van der Waals surface area contributed by atoms with Gasteiger partial charge in [-0.2, -0.15) is 0 Å². The van der Waals surface area contributed by atoms with E-state index in [-0.39, 0.29) is 12.1 Å². The molecule has 1 aromatic carbocycles. The Balaban J connectivity index is 1.28. The molecule has 0 bridgehead atoms. The number of carbonyl (C=O) groups excluding carboxylic acids is 1. The topological polar surface area (TPSA) is 54.5 Å². The Morgan fingerprint density at radius 1 is 1.19 bits per heavy atom. The number of ether oxygens (including phenoxy) is 1. The molecule has 0 atom stereocenters. The van der Waals surface area contributed by atoms with Crippen molar-refractivity contribution in [3.8, 4) is 5.19 Å². The maximum Gasteiger partial charge on any atom is 0.317 e. The summed E-state index contributed by atoms with van der Waals surface area (Å²) in [5.41, 5.74) is 0.804. The van der Waals surface area contributed by atoms with E-state index in [0.29, 0.717) is 16.3 Å². The highest BCUT2D eigenvalue weighted by Crippen LogP contribution is 2.33. The number of carbonyl (C=O) groups is 1. The van der Waals surface area contributed by atoms with E-state index in [1.54, 1.807) is 0 Å². The van der Waals surface area contributed by atoms with E-state index in [4.69, 9.17) is 16.3 Å². The molecule has 0 unspecified atom stereocenters. The molecule has 140 valence electrons. The van der Waals surface area contributed by atoms with Gasteiger partial charge in [-0.1, -0.05) is 48.3 Å². The molecule has 2 heterocycles. The first-order valence-electron chi connectivity index (χ1n) is 9.46. The first kappa shape index (κ1) is 17.9. The highest BCUT2D eigenvalue weighted by Gasteiger charge is 2.26. The maximum atomic E-state index is 12.4.